The number of hydrogen-bond acceptors (Lipinski definition) is 2. The topological polar surface area (TPSA) is 26.3 Å². The van der Waals surface area contributed by atoms with Gasteiger partial charge in [-0.2, -0.15) is 6.42 Å². The molecule has 0 aliphatic carbocycles. The zero-order chi connectivity index (χ0) is 8.41. The summed E-state index contributed by atoms with van der Waals surface area (Å²) in [5.41, 5.74) is 0. The van der Waals surface area contributed by atoms with Crippen LogP contribution in [0.4, 0.5) is 0 Å². The maximum atomic E-state index is 10.3. The van der Waals surface area contributed by atoms with Crippen LogP contribution in [0.15, 0.2) is 0 Å². The van der Waals surface area contributed by atoms with Crippen LogP contribution in [-0.2, 0) is 25.9 Å². The molecule has 0 unspecified atom stereocenters. The predicted octanol–water partition coefficient (Wildman–Crippen LogP) is 2.01. The van der Waals surface area contributed by atoms with Crippen LogP contribution < -0.4 is 0 Å². The molecule has 0 radical (unpaired) electrons. The quantitative estimate of drug-likeness (QED) is 0.441. The minimum absolute atomic E-state index is 0.145. The number of methoxy groups -OCH3 is 1. The Balaban J connectivity index is 0. The number of rotatable bonds is 3. The molecule has 56 valence electrons. The molecule has 0 rings (SSSR count). The third-order valence-corrected chi connectivity index (χ3v) is 0.859. The van der Waals surface area contributed by atoms with E-state index in [9.17, 15) is 4.79 Å². The first-order valence-electron chi connectivity index (χ1n) is 2.94. The summed E-state index contributed by atoms with van der Waals surface area (Å²) in [6, 6.07) is 0. The van der Waals surface area contributed by atoms with E-state index in [0.29, 0.717) is 6.42 Å². The van der Waals surface area contributed by atoms with Gasteiger partial charge in [-0.05, 0) is 0 Å². The molecule has 0 amide bonds. The van der Waals surface area contributed by atoms with Crippen molar-refractivity contribution in [3.05, 3.63) is 6.92 Å². The van der Waals surface area contributed by atoms with Crippen LogP contribution >= 0.6 is 13.6 Å². The van der Waals surface area contributed by atoms with Gasteiger partial charge in [0.1, 0.15) is 0 Å². The number of carbonyl (C=O) groups is 1. The Bertz CT molecular complexity index is 78.1. The average Bonchev–Trinajstić information content (AvgIpc) is 2.04. The van der Waals surface area contributed by atoms with Crippen molar-refractivity contribution in [3.63, 3.8) is 0 Å². The molecule has 0 saturated heterocycles. The molecule has 2 nitrogen and oxygen atoms in total. The number of carbonyl (C=O) groups excluding carboxylic acids is 1. The molecule has 0 aromatic rings. The van der Waals surface area contributed by atoms with Gasteiger partial charge < -0.3 is 11.7 Å². The van der Waals surface area contributed by atoms with Crippen LogP contribution in [-0.4, -0.2) is 13.1 Å². The molecule has 0 aromatic heterocycles. The van der Waals surface area contributed by atoms with Gasteiger partial charge in [0.15, 0.2) is 0 Å². The number of unbranched alkanes of at least 4 members (excludes halogenated alkanes) is 1. The van der Waals surface area contributed by atoms with Gasteiger partial charge in [0, 0.05) is 6.42 Å². The Morgan fingerprint density at radius 1 is 1.70 bits per heavy atom. The summed E-state index contributed by atoms with van der Waals surface area (Å²) < 4.78 is 4.39. The summed E-state index contributed by atoms with van der Waals surface area (Å²) in [7, 11) is 1.39. The van der Waals surface area contributed by atoms with Crippen LogP contribution in [0, 0.1) is 6.92 Å². The Hall–Kier alpha value is 0.573. The van der Waals surface area contributed by atoms with Crippen molar-refractivity contribution >= 4 is 19.6 Å². The van der Waals surface area contributed by atoms with Crippen molar-refractivity contribution in [2.45, 2.75) is 19.3 Å². The van der Waals surface area contributed by atoms with Crippen molar-refractivity contribution in [3.8, 4) is 0 Å². The third kappa shape index (κ3) is 11.4. The second-order valence-corrected chi connectivity index (χ2v) is 1.53. The Morgan fingerprint density at radius 3 is 2.50 bits per heavy atom. The molecule has 0 fully saturated rings. The third-order valence-electron chi connectivity index (χ3n) is 0.859. The zero-order valence-electron chi connectivity index (χ0n) is 6.23. The van der Waals surface area contributed by atoms with Gasteiger partial charge in [-0.25, -0.2) is 0 Å². The van der Waals surface area contributed by atoms with E-state index in [0.717, 1.165) is 12.8 Å². The Morgan fingerprint density at radius 2 is 2.20 bits per heavy atom. The van der Waals surface area contributed by atoms with E-state index in [2.05, 4.69) is 25.3 Å². The van der Waals surface area contributed by atoms with E-state index in [1.165, 1.54) is 23.5 Å². The molecule has 0 aliphatic heterocycles. The van der Waals surface area contributed by atoms with E-state index < -0.39 is 0 Å². The van der Waals surface area contributed by atoms with Crippen molar-refractivity contribution in [2.24, 2.45) is 0 Å². The van der Waals surface area contributed by atoms with E-state index in [4.69, 9.17) is 0 Å². The molecule has 0 spiro atoms. The maximum absolute atomic E-state index is 10.3. The first kappa shape index (κ1) is 13.2. The molecule has 0 N–H and O–H groups in total. The van der Waals surface area contributed by atoms with E-state index in [1.807, 2.05) is 0 Å². The van der Waals surface area contributed by atoms with Crippen molar-refractivity contribution in [1.82, 2.24) is 0 Å². The predicted molar refractivity (Wildman–Crippen MR) is 40.2 cm³/mol. The summed E-state index contributed by atoms with van der Waals surface area (Å²) in [5, 5.41) is 0. The monoisotopic (exact) mass is 258 g/mol. The molecular formula is C6H11BrO2Zn. The van der Waals surface area contributed by atoms with Gasteiger partial charge in [-0.3, -0.25) is 4.79 Å². The number of ether oxygens (including phenoxy) is 1. The molecule has 0 aliphatic rings. The summed E-state index contributed by atoms with van der Waals surface area (Å²) in [5.74, 6) is -0.145. The van der Waals surface area contributed by atoms with Gasteiger partial charge in [-0.15, -0.1) is 0 Å². The SMILES string of the molecule is [CH2-]CCCC(=O)OC.[Zn+][Br]. The van der Waals surface area contributed by atoms with Crippen molar-refractivity contribution in [2.75, 3.05) is 7.11 Å². The van der Waals surface area contributed by atoms with E-state index in [-0.39, 0.29) is 5.97 Å². The van der Waals surface area contributed by atoms with Crippen molar-refractivity contribution < 1.29 is 25.9 Å². The molecule has 0 atom stereocenters. The fraction of sp³-hybridized carbons (Fsp3) is 0.667. The van der Waals surface area contributed by atoms with Gasteiger partial charge in [0.05, 0.1) is 7.11 Å². The number of halogens is 1. The van der Waals surface area contributed by atoms with Crippen LogP contribution in [0.25, 0.3) is 0 Å². The average molecular weight is 260 g/mol. The fourth-order valence-electron chi connectivity index (χ4n) is 0.371. The van der Waals surface area contributed by atoms with Gasteiger partial charge >= 0.3 is 35.9 Å². The van der Waals surface area contributed by atoms with Crippen LogP contribution in [0.5, 0.6) is 0 Å². The Kier molecular flexibility index (Phi) is 16.2. The summed E-state index contributed by atoms with van der Waals surface area (Å²) in [6.45, 7) is 3.58. The molecule has 10 heavy (non-hydrogen) atoms. The normalized spacial score (nSPS) is 7.70. The molecule has 4 heteroatoms. The van der Waals surface area contributed by atoms with Crippen LogP contribution in [0.1, 0.15) is 19.3 Å². The minimum atomic E-state index is -0.145. The Labute approximate surface area is 78.7 Å². The summed E-state index contributed by atoms with van der Waals surface area (Å²) >= 11 is 4.25. The first-order valence-corrected chi connectivity index (χ1v) is 9.89. The standard InChI is InChI=1S/C6H11O2.BrH.Zn/c1-3-4-5-6(7)8-2;;/h1,3-5H2,2H3;1H;/q-1;;+2/p-1. The first-order chi connectivity index (χ1) is 4.81. The number of esters is 1. The van der Waals surface area contributed by atoms with Crippen LogP contribution in [0.3, 0.4) is 0 Å². The summed E-state index contributed by atoms with van der Waals surface area (Å²) in [6.07, 6.45) is 2.13. The molecule has 0 heterocycles. The summed E-state index contributed by atoms with van der Waals surface area (Å²) in [4.78, 5) is 10.3. The molecular weight excluding hydrogens is 249 g/mol. The number of hydrogen-bond donors (Lipinski definition) is 0. The van der Waals surface area contributed by atoms with Gasteiger partial charge in [0.2, 0.25) is 0 Å². The zero-order valence-corrected chi connectivity index (χ0v) is 10.8. The fourth-order valence-corrected chi connectivity index (χ4v) is 0.371. The van der Waals surface area contributed by atoms with Gasteiger partial charge in [-0.1, -0.05) is 6.42 Å². The molecule has 0 aromatic carbocycles. The molecule has 0 bridgehead atoms. The molecule has 0 saturated carbocycles. The second-order valence-electron chi connectivity index (χ2n) is 1.53. The van der Waals surface area contributed by atoms with Crippen molar-refractivity contribution in [1.29, 1.82) is 0 Å². The van der Waals surface area contributed by atoms with E-state index in [1.54, 1.807) is 0 Å². The van der Waals surface area contributed by atoms with E-state index >= 15 is 0 Å². The van der Waals surface area contributed by atoms with Crippen LogP contribution in [0.2, 0.25) is 0 Å². The van der Waals surface area contributed by atoms with Gasteiger partial charge in [0.25, 0.3) is 0 Å². The second kappa shape index (κ2) is 12.3.